The van der Waals surface area contributed by atoms with Crippen molar-refractivity contribution in [3.05, 3.63) is 24.3 Å². The molecule has 1 aromatic rings. The Morgan fingerprint density at radius 1 is 1.19 bits per heavy atom. The highest BCUT2D eigenvalue weighted by atomic mass is 28.3. The molecular weight excluding hydrogens is 214 g/mol. The minimum atomic E-state index is -1.28. The van der Waals surface area contributed by atoms with Gasteiger partial charge in [0.25, 0.3) is 0 Å². The zero-order valence-electron chi connectivity index (χ0n) is 10.2. The summed E-state index contributed by atoms with van der Waals surface area (Å²) < 4.78 is 5.07. The van der Waals surface area contributed by atoms with E-state index in [2.05, 4.69) is 36.1 Å². The first-order valence-corrected chi connectivity index (χ1v) is 8.70. The standard InChI is InChI=1S/C13H17NOSi/c1-15-13-8-6-12(7-9-13)14-10-5-11-16(2,3)4/h6-10H,1-4H3/b14-10+. The van der Waals surface area contributed by atoms with Crippen molar-refractivity contribution in [1.82, 2.24) is 0 Å². The van der Waals surface area contributed by atoms with E-state index in [1.165, 1.54) is 0 Å². The lowest BCUT2D eigenvalue weighted by Crippen LogP contribution is -2.16. The smallest absolute Gasteiger partial charge is 0.129 e. The van der Waals surface area contributed by atoms with Gasteiger partial charge in [0.05, 0.1) is 19.0 Å². The van der Waals surface area contributed by atoms with Crippen LogP contribution in [-0.4, -0.2) is 21.4 Å². The number of benzene rings is 1. The molecule has 0 saturated heterocycles. The van der Waals surface area contributed by atoms with Crippen molar-refractivity contribution < 1.29 is 4.74 Å². The van der Waals surface area contributed by atoms with Crippen molar-refractivity contribution in [2.75, 3.05) is 7.11 Å². The number of rotatable bonds is 2. The van der Waals surface area contributed by atoms with Gasteiger partial charge in [-0.25, -0.2) is 4.99 Å². The van der Waals surface area contributed by atoms with Crippen molar-refractivity contribution >= 4 is 20.0 Å². The number of nitrogens with zero attached hydrogens (tertiary/aromatic N) is 1. The molecule has 0 spiro atoms. The number of aliphatic imine (C=N–C) groups is 1. The molecule has 0 aliphatic carbocycles. The first-order chi connectivity index (χ1) is 7.51. The highest BCUT2D eigenvalue weighted by Gasteiger charge is 2.06. The third kappa shape index (κ3) is 4.81. The molecule has 2 nitrogen and oxygen atoms in total. The highest BCUT2D eigenvalue weighted by molar-refractivity contribution is 6.84. The predicted octanol–water partition coefficient (Wildman–Crippen LogP) is 3.28. The summed E-state index contributed by atoms with van der Waals surface area (Å²) in [6, 6.07) is 7.59. The fraction of sp³-hybridized carbons (Fsp3) is 0.308. The van der Waals surface area contributed by atoms with E-state index in [9.17, 15) is 0 Å². The van der Waals surface area contributed by atoms with Crippen molar-refractivity contribution in [2.24, 2.45) is 4.99 Å². The van der Waals surface area contributed by atoms with Gasteiger partial charge in [-0.1, -0.05) is 25.6 Å². The topological polar surface area (TPSA) is 21.6 Å². The molecule has 1 rings (SSSR count). The molecule has 0 N–H and O–H groups in total. The predicted molar refractivity (Wildman–Crippen MR) is 72.3 cm³/mol. The molecule has 0 aliphatic heterocycles. The Bertz CT molecular complexity index is 418. The molecule has 0 atom stereocenters. The van der Waals surface area contributed by atoms with Crippen molar-refractivity contribution in [1.29, 1.82) is 0 Å². The van der Waals surface area contributed by atoms with Crippen LogP contribution in [0.2, 0.25) is 19.6 Å². The maximum Gasteiger partial charge on any atom is 0.129 e. The molecule has 84 valence electrons. The third-order valence-corrected chi connectivity index (χ3v) is 2.69. The summed E-state index contributed by atoms with van der Waals surface area (Å²) >= 11 is 0. The highest BCUT2D eigenvalue weighted by Crippen LogP contribution is 2.16. The average Bonchev–Trinajstić information content (AvgIpc) is 2.24. The lowest BCUT2D eigenvalue weighted by molar-refractivity contribution is 0.415. The largest absolute Gasteiger partial charge is 0.497 e. The second kappa shape index (κ2) is 5.52. The molecular formula is C13H17NOSi. The molecule has 0 unspecified atom stereocenters. The Morgan fingerprint density at radius 2 is 1.81 bits per heavy atom. The van der Waals surface area contributed by atoms with E-state index in [0.717, 1.165) is 11.4 Å². The third-order valence-electron chi connectivity index (χ3n) is 1.80. The van der Waals surface area contributed by atoms with Crippen LogP contribution in [0.4, 0.5) is 5.69 Å². The summed E-state index contributed by atoms with van der Waals surface area (Å²) in [7, 11) is 0.368. The van der Waals surface area contributed by atoms with Gasteiger partial charge in [0.2, 0.25) is 0 Å². The van der Waals surface area contributed by atoms with Crippen molar-refractivity contribution in [3.63, 3.8) is 0 Å². The maximum atomic E-state index is 5.07. The van der Waals surface area contributed by atoms with Gasteiger partial charge < -0.3 is 4.74 Å². The van der Waals surface area contributed by atoms with Crippen molar-refractivity contribution in [3.8, 4) is 17.2 Å². The second-order valence-corrected chi connectivity index (χ2v) is 9.23. The summed E-state index contributed by atoms with van der Waals surface area (Å²) in [5.74, 6) is 3.83. The van der Waals surface area contributed by atoms with Crippen LogP contribution in [0.1, 0.15) is 0 Å². The van der Waals surface area contributed by atoms with Crippen LogP contribution < -0.4 is 4.74 Å². The minimum Gasteiger partial charge on any atom is -0.497 e. The zero-order chi connectivity index (χ0) is 12.0. The summed E-state index contributed by atoms with van der Waals surface area (Å²) in [6.07, 6.45) is 1.67. The van der Waals surface area contributed by atoms with Gasteiger partial charge >= 0.3 is 0 Å². The normalized spacial score (nSPS) is 11.0. The zero-order valence-corrected chi connectivity index (χ0v) is 11.2. The molecule has 0 bridgehead atoms. The Kier molecular flexibility index (Phi) is 4.33. The Hall–Kier alpha value is -1.53. The van der Waals surface area contributed by atoms with Crippen LogP contribution >= 0.6 is 0 Å². The fourth-order valence-corrected chi connectivity index (χ4v) is 1.52. The Labute approximate surface area is 98.4 Å². The van der Waals surface area contributed by atoms with Crippen LogP contribution in [0.5, 0.6) is 5.75 Å². The summed E-state index contributed by atoms with van der Waals surface area (Å²) in [5, 5.41) is 0. The molecule has 0 aromatic heterocycles. The van der Waals surface area contributed by atoms with Gasteiger partial charge in [-0.05, 0) is 24.3 Å². The molecule has 0 amide bonds. The minimum absolute atomic E-state index is 0.840. The van der Waals surface area contributed by atoms with E-state index < -0.39 is 8.07 Å². The van der Waals surface area contributed by atoms with Crippen LogP contribution in [0.15, 0.2) is 29.3 Å². The first kappa shape index (κ1) is 12.5. The lowest BCUT2D eigenvalue weighted by atomic mass is 10.3. The van der Waals surface area contributed by atoms with Gasteiger partial charge in [-0.3, -0.25) is 0 Å². The average molecular weight is 231 g/mol. The number of hydrogen-bond acceptors (Lipinski definition) is 2. The molecule has 0 aliphatic rings. The van der Waals surface area contributed by atoms with E-state index >= 15 is 0 Å². The summed E-state index contributed by atoms with van der Waals surface area (Å²) in [4.78, 5) is 4.25. The Morgan fingerprint density at radius 3 is 2.31 bits per heavy atom. The SMILES string of the molecule is COc1ccc(/N=C/C#C[Si](C)(C)C)cc1. The molecule has 3 heteroatoms. The van der Waals surface area contributed by atoms with Gasteiger partial charge in [0.15, 0.2) is 0 Å². The quantitative estimate of drug-likeness (QED) is 0.435. The number of methoxy groups -OCH3 is 1. The second-order valence-electron chi connectivity index (χ2n) is 4.48. The fourth-order valence-electron chi connectivity index (χ4n) is 1.02. The van der Waals surface area contributed by atoms with Gasteiger partial charge in [-0.15, -0.1) is 5.54 Å². The molecule has 0 heterocycles. The molecule has 0 radical (unpaired) electrons. The van der Waals surface area contributed by atoms with Crippen molar-refractivity contribution in [2.45, 2.75) is 19.6 Å². The van der Waals surface area contributed by atoms with E-state index in [0.29, 0.717) is 0 Å². The number of hydrogen-bond donors (Lipinski definition) is 0. The van der Waals surface area contributed by atoms with Crippen LogP contribution in [0, 0.1) is 11.5 Å². The lowest BCUT2D eigenvalue weighted by Gasteiger charge is -2.02. The van der Waals surface area contributed by atoms with Gasteiger partial charge in [-0.2, -0.15) is 0 Å². The van der Waals surface area contributed by atoms with Crippen LogP contribution in [0.3, 0.4) is 0 Å². The monoisotopic (exact) mass is 231 g/mol. The summed E-state index contributed by atoms with van der Waals surface area (Å²) in [6.45, 7) is 6.63. The van der Waals surface area contributed by atoms with E-state index in [-0.39, 0.29) is 0 Å². The Balaban J connectivity index is 2.65. The van der Waals surface area contributed by atoms with Gasteiger partial charge in [0.1, 0.15) is 13.8 Å². The van der Waals surface area contributed by atoms with E-state index in [1.807, 2.05) is 24.3 Å². The molecule has 16 heavy (non-hydrogen) atoms. The van der Waals surface area contributed by atoms with E-state index in [1.54, 1.807) is 13.3 Å². The first-order valence-electron chi connectivity index (χ1n) is 5.20. The number of ether oxygens (including phenoxy) is 1. The maximum absolute atomic E-state index is 5.07. The van der Waals surface area contributed by atoms with Crippen LogP contribution in [-0.2, 0) is 0 Å². The molecule has 0 fully saturated rings. The molecule has 0 saturated carbocycles. The summed E-state index contributed by atoms with van der Waals surface area (Å²) in [5.41, 5.74) is 4.12. The molecule has 1 aromatic carbocycles. The van der Waals surface area contributed by atoms with Gasteiger partial charge in [0, 0.05) is 0 Å². The van der Waals surface area contributed by atoms with Crippen LogP contribution in [0.25, 0.3) is 0 Å². The van der Waals surface area contributed by atoms with E-state index in [4.69, 9.17) is 4.74 Å².